The first-order valence-corrected chi connectivity index (χ1v) is 9.58. The number of likely N-dealkylation sites (N-methyl/N-ethyl adjacent to an activating group) is 1. The van der Waals surface area contributed by atoms with Crippen molar-refractivity contribution in [3.63, 3.8) is 0 Å². The first-order chi connectivity index (χ1) is 12.2. The van der Waals surface area contributed by atoms with Gasteiger partial charge in [-0.15, -0.1) is 0 Å². The standard InChI is InChI=1S/C19H24N2O4S/c1-13-7-6-8-14(2)19(13)20-18(22)12-21(4)26(23,24)17-10-9-16(25-5)11-15(17)3/h6-11H,12H2,1-5H3,(H,20,22). The van der Waals surface area contributed by atoms with Crippen molar-refractivity contribution in [3.05, 3.63) is 53.1 Å². The maximum atomic E-state index is 12.8. The fourth-order valence-corrected chi connectivity index (χ4v) is 4.01. The number of benzene rings is 2. The molecule has 0 aliphatic rings. The van der Waals surface area contributed by atoms with Crippen LogP contribution in [0.1, 0.15) is 16.7 Å². The average Bonchev–Trinajstić information content (AvgIpc) is 2.57. The second-order valence-electron chi connectivity index (χ2n) is 6.21. The maximum absolute atomic E-state index is 12.8. The molecule has 0 fully saturated rings. The highest BCUT2D eigenvalue weighted by Crippen LogP contribution is 2.24. The van der Waals surface area contributed by atoms with Crippen LogP contribution in [0, 0.1) is 20.8 Å². The van der Waals surface area contributed by atoms with Crippen LogP contribution in [0.15, 0.2) is 41.3 Å². The molecule has 0 heterocycles. The van der Waals surface area contributed by atoms with E-state index in [2.05, 4.69) is 5.32 Å². The summed E-state index contributed by atoms with van der Waals surface area (Å²) in [4.78, 5) is 12.5. The Kier molecular flexibility index (Phi) is 6.05. The highest BCUT2D eigenvalue weighted by atomic mass is 32.2. The predicted octanol–water partition coefficient (Wildman–Crippen LogP) is 2.88. The molecule has 6 nitrogen and oxygen atoms in total. The van der Waals surface area contributed by atoms with E-state index in [0.29, 0.717) is 17.0 Å². The van der Waals surface area contributed by atoms with E-state index < -0.39 is 10.0 Å². The summed E-state index contributed by atoms with van der Waals surface area (Å²) < 4.78 is 31.7. The molecule has 2 aromatic carbocycles. The lowest BCUT2D eigenvalue weighted by atomic mass is 10.1. The molecule has 0 bridgehead atoms. The van der Waals surface area contributed by atoms with Crippen molar-refractivity contribution in [2.24, 2.45) is 0 Å². The summed E-state index contributed by atoms with van der Waals surface area (Å²) >= 11 is 0. The van der Waals surface area contributed by atoms with E-state index in [1.165, 1.54) is 20.2 Å². The van der Waals surface area contributed by atoms with Crippen LogP contribution in [0.25, 0.3) is 0 Å². The molecule has 2 rings (SSSR count). The Morgan fingerprint density at radius 3 is 2.23 bits per heavy atom. The van der Waals surface area contributed by atoms with Gasteiger partial charge in [0.25, 0.3) is 0 Å². The smallest absolute Gasteiger partial charge is 0.243 e. The van der Waals surface area contributed by atoms with Gasteiger partial charge in [0.2, 0.25) is 15.9 Å². The SMILES string of the molecule is COc1ccc(S(=O)(=O)N(C)CC(=O)Nc2c(C)cccc2C)c(C)c1. The summed E-state index contributed by atoms with van der Waals surface area (Å²) in [7, 11) is -0.872. The summed E-state index contributed by atoms with van der Waals surface area (Å²) in [5.74, 6) is 0.191. The largest absolute Gasteiger partial charge is 0.497 e. The number of sulfonamides is 1. The van der Waals surface area contributed by atoms with Gasteiger partial charge in [0.1, 0.15) is 5.75 Å². The van der Waals surface area contributed by atoms with Crippen molar-refractivity contribution in [2.75, 3.05) is 26.0 Å². The van der Waals surface area contributed by atoms with Gasteiger partial charge in [0, 0.05) is 12.7 Å². The molecule has 2 aromatic rings. The van der Waals surface area contributed by atoms with E-state index in [4.69, 9.17) is 4.74 Å². The van der Waals surface area contributed by atoms with E-state index >= 15 is 0 Å². The topological polar surface area (TPSA) is 75.7 Å². The number of methoxy groups -OCH3 is 1. The Labute approximate surface area is 154 Å². The number of aryl methyl sites for hydroxylation is 3. The Balaban J connectivity index is 2.18. The normalized spacial score (nSPS) is 11.5. The van der Waals surface area contributed by atoms with E-state index in [-0.39, 0.29) is 17.3 Å². The van der Waals surface area contributed by atoms with Crippen molar-refractivity contribution >= 4 is 21.6 Å². The van der Waals surface area contributed by atoms with Crippen LogP contribution in [0.4, 0.5) is 5.69 Å². The molecule has 0 aliphatic heterocycles. The molecule has 0 unspecified atom stereocenters. The van der Waals surface area contributed by atoms with Gasteiger partial charge in [-0.25, -0.2) is 8.42 Å². The average molecular weight is 376 g/mol. The number of carbonyl (C=O) groups is 1. The Morgan fingerprint density at radius 2 is 1.69 bits per heavy atom. The Morgan fingerprint density at radius 1 is 1.08 bits per heavy atom. The predicted molar refractivity (Wildman–Crippen MR) is 102 cm³/mol. The second-order valence-corrected chi connectivity index (χ2v) is 8.22. The number of nitrogens with one attached hydrogen (secondary N) is 1. The van der Waals surface area contributed by atoms with E-state index in [1.54, 1.807) is 19.1 Å². The first kappa shape index (κ1) is 19.9. The zero-order valence-corrected chi connectivity index (χ0v) is 16.5. The summed E-state index contributed by atoms with van der Waals surface area (Å²) in [5.41, 5.74) is 3.13. The molecular formula is C19H24N2O4S. The third-order valence-electron chi connectivity index (χ3n) is 4.18. The minimum absolute atomic E-state index is 0.153. The highest BCUT2D eigenvalue weighted by molar-refractivity contribution is 7.89. The first-order valence-electron chi connectivity index (χ1n) is 8.14. The van der Waals surface area contributed by atoms with Gasteiger partial charge in [-0.1, -0.05) is 18.2 Å². The van der Waals surface area contributed by atoms with Crippen LogP contribution in [0.5, 0.6) is 5.75 Å². The molecule has 0 saturated carbocycles. The summed E-state index contributed by atoms with van der Waals surface area (Å²) in [5, 5.41) is 2.80. The number of hydrogen-bond acceptors (Lipinski definition) is 4. The molecule has 7 heteroatoms. The fraction of sp³-hybridized carbons (Fsp3) is 0.316. The lowest BCUT2D eigenvalue weighted by Gasteiger charge is -2.19. The number of carbonyl (C=O) groups excluding carboxylic acids is 1. The molecule has 0 spiro atoms. The number of hydrogen-bond donors (Lipinski definition) is 1. The summed E-state index contributed by atoms with van der Waals surface area (Å²) in [6.45, 7) is 5.20. The summed E-state index contributed by atoms with van der Waals surface area (Å²) in [6, 6.07) is 10.4. The van der Waals surface area contributed by atoms with E-state index in [1.807, 2.05) is 32.0 Å². The van der Waals surface area contributed by atoms with Gasteiger partial charge in [-0.3, -0.25) is 4.79 Å². The van der Waals surface area contributed by atoms with Crippen LogP contribution in [0.2, 0.25) is 0 Å². The van der Waals surface area contributed by atoms with E-state index in [0.717, 1.165) is 15.4 Å². The quantitative estimate of drug-likeness (QED) is 0.841. The molecule has 0 radical (unpaired) electrons. The lowest BCUT2D eigenvalue weighted by Crippen LogP contribution is -2.35. The van der Waals surface area contributed by atoms with Crippen molar-refractivity contribution in [1.82, 2.24) is 4.31 Å². The molecule has 0 saturated heterocycles. The van der Waals surface area contributed by atoms with Crippen LogP contribution in [0.3, 0.4) is 0 Å². The van der Waals surface area contributed by atoms with Gasteiger partial charge in [0.05, 0.1) is 18.6 Å². The van der Waals surface area contributed by atoms with Crippen molar-refractivity contribution in [1.29, 1.82) is 0 Å². The van der Waals surface area contributed by atoms with Crippen LogP contribution in [-0.2, 0) is 14.8 Å². The molecule has 140 valence electrons. The molecule has 0 atom stereocenters. The van der Waals surface area contributed by atoms with Gasteiger partial charge in [-0.2, -0.15) is 4.31 Å². The molecule has 26 heavy (non-hydrogen) atoms. The monoisotopic (exact) mass is 376 g/mol. The third-order valence-corrected chi connectivity index (χ3v) is 6.15. The minimum atomic E-state index is -3.79. The highest BCUT2D eigenvalue weighted by Gasteiger charge is 2.25. The molecule has 1 N–H and O–H groups in total. The number of rotatable bonds is 6. The van der Waals surface area contributed by atoms with Gasteiger partial charge < -0.3 is 10.1 Å². The summed E-state index contributed by atoms with van der Waals surface area (Å²) in [6.07, 6.45) is 0. The van der Waals surface area contributed by atoms with Gasteiger partial charge in [0.15, 0.2) is 0 Å². The number of para-hydroxylation sites is 1. The van der Waals surface area contributed by atoms with Crippen LogP contribution in [-0.4, -0.2) is 39.3 Å². The number of ether oxygens (including phenoxy) is 1. The Hall–Kier alpha value is -2.38. The number of amides is 1. The van der Waals surface area contributed by atoms with Crippen molar-refractivity contribution < 1.29 is 17.9 Å². The second kappa shape index (κ2) is 7.88. The Bertz CT molecular complexity index is 903. The third kappa shape index (κ3) is 4.23. The molecule has 0 aromatic heterocycles. The molecule has 1 amide bonds. The van der Waals surface area contributed by atoms with Crippen molar-refractivity contribution in [3.8, 4) is 5.75 Å². The van der Waals surface area contributed by atoms with E-state index in [9.17, 15) is 13.2 Å². The molecular weight excluding hydrogens is 352 g/mol. The van der Waals surface area contributed by atoms with Crippen molar-refractivity contribution in [2.45, 2.75) is 25.7 Å². The zero-order chi connectivity index (χ0) is 19.5. The van der Waals surface area contributed by atoms with Gasteiger partial charge in [-0.05, 0) is 55.7 Å². The van der Waals surface area contributed by atoms with Crippen LogP contribution < -0.4 is 10.1 Å². The number of nitrogens with zero attached hydrogens (tertiary/aromatic N) is 1. The number of anilines is 1. The lowest BCUT2D eigenvalue weighted by molar-refractivity contribution is -0.116. The van der Waals surface area contributed by atoms with Gasteiger partial charge >= 0.3 is 0 Å². The maximum Gasteiger partial charge on any atom is 0.243 e. The fourth-order valence-electron chi connectivity index (χ4n) is 2.68. The van der Waals surface area contributed by atoms with Crippen LogP contribution >= 0.6 is 0 Å². The molecule has 0 aliphatic carbocycles. The minimum Gasteiger partial charge on any atom is -0.497 e. The zero-order valence-electron chi connectivity index (χ0n) is 15.7.